The minimum atomic E-state index is -0.515. The summed E-state index contributed by atoms with van der Waals surface area (Å²) in [6.07, 6.45) is 0. The van der Waals surface area contributed by atoms with Gasteiger partial charge in [-0.05, 0) is 12.1 Å². The summed E-state index contributed by atoms with van der Waals surface area (Å²) in [6.45, 7) is 0. The molecule has 2 N–H and O–H groups in total. The molecular formula is C15H15N4O4+. The van der Waals surface area contributed by atoms with Crippen molar-refractivity contribution >= 4 is 11.0 Å². The molecule has 0 atom stereocenters. The van der Waals surface area contributed by atoms with E-state index in [-0.39, 0.29) is 11.0 Å². The van der Waals surface area contributed by atoms with Gasteiger partial charge in [0, 0.05) is 12.6 Å². The van der Waals surface area contributed by atoms with E-state index in [2.05, 4.69) is 9.97 Å². The molecular weight excluding hydrogens is 300 g/mol. The number of hydrogen-bond acceptors (Lipinski definition) is 4. The Bertz CT molecular complexity index is 1090. The summed E-state index contributed by atoms with van der Waals surface area (Å²) >= 11 is 0. The highest BCUT2D eigenvalue weighted by Crippen LogP contribution is 2.24. The Morgan fingerprint density at radius 3 is 2.57 bits per heavy atom. The predicted molar refractivity (Wildman–Crippen MR) is 83.6 cm³/mol. The Kier molecular flexibility index (Phi) is 3.36. The zero-order valence-corrected chi connectivity index (χ0v) is 12.8. The molecule has 2 heterocycles. The number of nitrogens with one attached hydrogen (secondary N) is 2. The Morgan fingerprint density at radius 1 is 1.13 bits per heavy atom. The van der Waals surface area contributed by atoms with Crippen LogP contribution < -0.4 is 26.7 Å². The molecule has 1 aromatic carbocycles. The van der Waals surface area contributed by atoms with E-state index in [1.165, 1.54) is 25.8 Å². The van der Waals surface area contributed by atoms with E-state index in [1.54, 1.807) is 24.3 Å². The summed E-state index contributed by atoms with van der Waals surface area (Å²) in [5.41, 5.74) is -0.414. The molecule has 8 heteroatoms. The Morgan fingerprint density at radius 2 is 1.87 bits per heavy atom. The van der Waals surface area contributed by atoms with Crippen molar-refractivity contribution in [1.82, 2.24) is 14.1 Å². The standard InChI is InChI=1S/C15H14N4O4/c1-18-12-10(13(20)19(2)15(18)22)11(16-14(21)17-12)8-5-4-6-9(7-8)23-3/h4-7H,1-3H3,(H,16,17,21)/p+1. The van der Waals surface area contributed by atoms with Gasteiger partial charge >= 0.3 is 11.4 Å². The summed E-state index contributed by atoms with van der Waals surface area (Å²) in [5.74, 6) is 0.589. The van der Waals surface area contributed by atoms with Crippen LogP contribution in [-0.4, -0.2) is 21.2 Å². The third kappa shape index (κ3) is 2.24. The number of rotatable bonds is 2. The molecule has 0 fully saturated rings. The smallest absolute Gasteiger partial charge is 0.439 e. The lowest BCUT2D eigenvalue weighted by atomic mass is 10.1. The lowest BCUT2D eigenvalue weighted by Gasteiger charge is -2.07. The molecule has 0 aliphatic carbocycles. The maximum absolute atomic E-state index is 12.5. The number of aryl methyl sites for hydroxylation is 1. The Balaban J connectivity index is 2.53. The lowest BCUT2D eigenvalue weighted by molar-refractivity contribution is -0.374. The second-order valence-corrected chi connectivity index (χ2v) is 5.12. The maximum Gasteiger partial charge on any atom is 0.439 e. The number of fused-ring (bicyclic) bond motifs is 1. The number of ether oxygens (including phenoxy) is 1. The van der Waals surface area contributed by atoms with Crippen LogP contribution in [0.3, 0.4) is 0 Å². The Labute approximate surface area is 129 Å². The molecule has 2 aromatic heterocycles. The first-order valence-corrected chi connectivity index (χ1v) is 6.83. The molecule has 8 nitrogen and oxygen atoms in total. The molecule has 3 aromatic rings. The molecule has 0 amide bonds. The second-order valence-electron chi connectivity index (χ2n) is 5.12. The molecule has 118 valence electrons. The summed E-state index contributed by atoms with van der Waals surface area (Å²) in [5, 5.41) is 0.224. The molecule has 0 aliphatic heterocycles. The normalized spacial score (nSPS) is 10.9. The number of hydrogen-bond donors (Lipinski definition) is 1. The average Bonchev–Trinajstić information content (AvgIpc) is 2.57. The van der Waals surface area contributed by atoms with Gasteiger partial charge in [-0.15, -0.1) is 0 Å². The van der Waals surface area contributed by atoms with Crippen LogP contribution >= 0.6 is 0 Å². The molecule has 3 rings (SSSR count). The molecule has 0 aliphatic rings. The van der Waals surface area contributed by atoms with Crippen molar-refractivity contribution in [3.8, 4) is 17.0 Å². The topological polar surface area (TPSA) is 100 Å². The van der Waals surface area contributed by atoms with Gasteiger partial charge in [0.15, 0.2) is 5.39 Å². The van der Waals surface area contributed by atoms with Crippen LogP contribution in [0.4, 0.5) is 0 Å². The maximum atomic E-state index is 12.5. The second kappa shape index (κ2) is 5.24. The van der Waals surface area contributed by atoms with Gasteiger partial charge in [0.25, 0.3) is 5.56 Å². The van der Waals surface area contributed by atoms with Gasteiger partial charge < -0.3 is 4.74 Å². The van der Waals surface area contributed by atoms with Crippen molar-refractivity contribution in [2.45, 2.75) is 0 Å². The van der Waals surface area contributed by atoms with Crippen molar-refractivity contribution in [1.29, 1.82) is 0 Å². The number of aromatic amines is 2. The third-order valence-electron chi connectivity index (χ3n) is 3.74. The minimum Gasteiger partial charge on any atom is -0.497 e. The van der Waals surface area contributed by atoms with Gasteiger partial charge in [-0.3, -0.25) is 4.79 Å². The highest BCUT2D eigenvalue weighted by molar-refractivity contribution is 5.88. The van der Waals surface area contributed by atoms with Crippen LogP contribution in [-0.2, 0) is 14.1 Å². The lowest BCUT2D eigenvalue weighted by Crippen LogP contribution is -2.43. The van der Waals surface area contributed by atoms with E-state index >= 15 is 0 Å². The number of nitrogens with zero attached hydrogens (tertiary/aromatic N) is 2. The van der Waals surface area contributed by atoms with Gasteiger partial charge in [0.1, 0.15) is 11.4 Å². The third-order valence-corrected chi connectivity index (χ3v) is 3.74. The predicted octanol–water partition coefficient (Wildman–Crippen LogP) is -0.585. The van der Waals surface area contributed by atoms with Crippen LogP contribution in [0.15, 0.2) is 38.6 Å². The Hall–Kier alpha value is -3.16. The zero-order chi connectivity index (χ0) is 16.7. The van der Waals surface area contributed by atoms with Crippen LogP contribution in [0.25, 0.3) is 22.3 Å². The fourth-order valence-corrected chi connectivity index (χ4v) is 2.53. The SMILES string of the molecule is COc1cccc(-c2[nH]c(=O)[nH+]c3c2c(=O)n(C)c(=O)n3C)c1. The van der Waals surface area contributed by atoms with Gasteiger partial charge in [0.05, 0.1) is 14.2 Å². The van der Waals surface area contributed by atoms with E-state index in [1.807, 2.05) is 0 Å². The largest absolute Gasteiger partial charge is 0.497 e. The van der Waals surface area contributed by atoms with Crippen molar-refractivity contribution in [2.75, 3.05) is 7.11 Å². The zero-order valence-electron chi connectivity index (χ0n) is 12.8. The molecule has 0 bridgehead atoms. The first kappa shape index (κ1) is 14.8. The van der Waals surface area contributed by atoms with E-state index in [4.69, 9.17) is 4.74 Å². The van der Waals surface area contributed by atoms with Crippen molar-refractivity contribution in [3.05, 3.63) is 55.6 Å². The highest BCUT2D eigenvalue weighted by Gasteiger charge is 2.21. The van der Waals surface area contributed by atoms with E-state index in [0.29, 0.717) is 17.0 Å². The van der Waals surface area contributed by atoms with Crippen molar-refractivity contribution < 1.29 is 9.72 Å². The number of H-pyrrole nitrogens is 2. The molecule has 0 saturated heterocycles. The number of benzene rings is 1. The van der Waals surface area contributed by atoms with Crippen LogP contribution in [0.1, 0.15) is 0 Å². The van der Waals surface area contributed by atoms with E-state index < -0.39 is 16.9 Å². The number of methoxy groups -OCH3 is 1. The number of aromatic nitrogens is 4. The minimum absolute atomic E-state index is 0.166. The van der Waals surface area contributed by atoms with Crippen molar-refractivity contribution in [3.63, 3.8) is 0 Å². The molecule has 23 heavy (non-hydrogen) atoms. The fraction of sp³-hybridized carbons (Fsp3) is 0.200. The molecule has 0 radical (unpaired) electrons. The van der Waals surface area contributed by atoms with E-state index in [9.17, 15) is 14.4 Å². The fourth-order valence-electron chi connectivity index (χ4n) is 2.53. The van der Waals surface area contributed by atoms with Crippen LogP contribution in [0, 0.1) is 0 Å². The monoisotopic (exact) mass is 315 g/mol. The van der Waals surface area contributed by atoms with E-state index in [0.717, 1.165) is 4.57 Å². The molecule has 0 spiro atoms. The average molecular weight is 315 g/mol. The van der Waals surface area contributed by atoms with Gasteiger partial charge in [-0.1, -0.05) is 12.1 Å². The van der Waals surface area contributed by atoms with Crippen LogP contribution in [0.5, 0.6) is 5.75 Å². The quantitative estimate of drug-likeness (QED) is 0.683. The summed E-state index contributed by atoms with van der Waals surface area (Å²) in [6, 6.07) is 6.96. The summed E-state index contributed by atoms with van der Waals surface area (Å²) in [7, 11) is 4.42. The molecule has 0 unspecified atom stereocenters. The summed E-state index contributed by atoms with van der Waals surface area (Å²) < 4.78 is 7.41. The van der Waals surface area contributed by atoms with Crippen LogP contribution in [0.2, 0.25) is 0 Å². The van der Waals surface area contributed by atoms with Gasteiger partial charge in [-0.25, -0.2) is 28.7 Å². The van der Waals surface area contributed by atoms with Crippen molar-refractivity contribution in [2.24, 2.45) is 14.1 Å². The molecule has 0 saturated carbocycles. The first-order valence-electron chi connectivity index (χ1n) is 6.83. The first-order chi connectivity index (χ1) is 10.9. The van der Waals surface area contributed by atoms with Gasteiger partial charge in [-0.2, -0.15) is 0 Å². The highest BCUT2D eigenvalue weighted by atomic mass is 16.5. The summed E-state index contributed by atoms with van der Waals surface area (Å²) in [4.78, 5) is 41.6. The van der Waals surface area contributed by atoms with Gasteiger partial charge in [0.2, 0.25) is 5.65 Å².